The number of carbonyl (C=O) groups is 1. The van der Waals surface area contributed by atoms with E-state index in [0.29, 0.717) is 6.42 Å². The van der Waals surface area contributed by atoms with Crippen molar-refractivity contribution in [3.05, 3.63) is 0 Å². The average Bonchev–Trinajstić information content (AvgIpc) is 2.07. The lowest BCUT2D eigenvalue weighted by molar-refractivity contribution is -0.108. The fourth-order valence-electron chi connectivity index (χ4n) is 1.77. The fourth-order valence-corrected chi connectivity index (χ4v) is 1.77. The molecule has 1 rings (SSSR count). The summed E-state index contributed by atoms with van der Waals surface area (Å²) in [5, 5.41) is 0. The quantitative estimate of drug-likeness (QED) is 0.600. The predicted octanol–water partition coefficient (Wildman–Crippen LogP) is 0.601. The van der Waals surface area contributed by atoms with Crippen molar-refractivity contribution in [1.82, 2.24) is 9.80 Å². The van der Waals surface area contributed by atoms with Crippen molar-refractivity contribution in [2.24, 2.45) is 0 Å². The van der Waals surface area contributed by atoms with E-state index in [4.69, 9.17) is 0 Å². The molecule has 0 spiro atoms. The molecule has 1 aliphatic heterocycles. The molecule has 0 N–H and O–H groups in total. The van der Waals surface area contributed by atoms with Crippen molar-refractivity contribution < 1.29 is 4.79 Å². The maximum atomic E-state index is 10.2. The minimum atomic E-state index is 0.251. The van der Waals surface area contributed by atoms with Crippen LogP contribution in [0.2, 0.25) is 0 Å². The third-order valence-corrected chi connectivity index (χ3v) is 2.96. The van der Waals surface area contributed by atoms with Gasteiger partial charge in [0.2, 0.25) is 0 Å². The van der Waals surface area contributed by atoms with Gasteiger partial charge in [-0.2, -0.15) is 0 Å². The molecule has 0 saturated carbocycles. The molecule has 0 aromatic heterocycles. The molecule has 0 atom stereocenters. The lowest BCUT2D eigenvalue weighted by Gasteiger charge is -2.45. The molecular formula is C10H20N2O. The molecule has 1 heterocycles. The van der Waals surface area contributed by atoms with Crippen molar-refractivity contribution in [3.63, 3.8) is 0 Å². The molecule has 76 valence electrons. The van der Waals surface area contributed by atoms with E-state index >= 15 is 0 Å². The third kappa shape index (κ3) is 2.78. The van der Waals surface area contributed by atoms with Crippen LogP contribution in [0.3, 0.4) is 0 Å². The Labute approximate surface area is 80.7 Å². The summed E-state index contributed by atoms with van der Waals surface area (Å²) in [7, 11) is 2.16. The number of carbonyl (C=O) groups excluding carboxylic acids is 1. The van der Waals surface area contributed by atoms with Crippen LogP contribution in [0.1, 0.15) is 20.3 Å². The SMILES string of the molecule is CN1CCN(CCC=O)CC1(C)C. The first-order chi connectivity index (χ1) is 6.06. The summed E-state index contributed by atoms with van der Waals surface area (Å²) in [6, 6.07) is 0. The molecule has 0 unspecified atom stereocenters. The molecule has 1 aliphatic rings. The predicted molar refractivity (Wildman–Crippen MR) is 53.8 cm³/mol. The van der Waals surface area contributed by atoms with E-state index in [9.17, 15) is 4.79 Å². The molecule has 1 saturated heterocycles. The van der Waals surface area contributed by atoms with Gasteiger partial charge in [-0.05, 0) is 20.9 Å². The first-order valence-corrected chi connectivity index (χ1v) is 4.93. The molecule has 0 aliphatic carbocycles. The van der Waals surface area contributed by atoms with Crippen LogP contribution in [0.4, 0.5) is 0 Å². The monoisotopic (exact) mass is 184 g/mol. The number of likely N-dealkylation sites (N-methyl/N-ethyl adjacent to an activating group) is 1. The summed E-state index contributed by atoms with van der Waals surface area (Å²) in [5.74, 6) is 0. The van der Waals surface area contributed by atoms with Crippen LogP contribution in [-0.4, -0.2) is 54.9 Å². The van der Waals surface area contributed by atoms with E-state index < -0.39 is 0 Å². The average molecular weight is 184 g/mol. The van der Waals surface area contributed by atoms with Crippen LogP contribution in [0.25, 0.3) is 0 Å². The summed E-state index contributed by atoms with van der Waals surface area (Å²) in [6.07, 6.45) is 1.67. The Hall–Kier alpha value is -0.410. The Morgan fingerprint density at radius 1 is 1.38 bits per heavy atom. The van der Waals surface area contributed by atoms with Crippen LogP contribution in [0.15, 0.2) is 0 Å². The zero-order valence-electron chi connectivity index (χ0n) is 8.92. The van der Waals surface area contributed by atoms with Crippen LogP contribution in [0, 0.1) is 0 Å². The third-order valence-electron chi connectivity index (χ3n) is 2.96. The Balaban J connectivity index is 2.41. The number of aldehydes is 1. The van der Waals surface area contributed by atoms with Gasteiger partial charge in [-0.25, -0.2) is 0 Å². The second kappa shape index (κ2) is 4.20. The molecule has 0 amide bonds. The van der Waals surface area contributed by atoms with Gasteiger partial charge >= 0.3 is 0 Å². The minimum Gasteiger partial charge on any atom is -0.303 e. The van der Waals surface area contributed by atoms with Gasteiger partial charge in [0.25, 0.3) is 0 Å². The standard InChI is InChI=1S/C10H20N2O/c1-10(2)9-12(5-4-8-13)7-6-11(10)3/h8H,4-7,9H2,1-3H3. The van der Waals surface area contributed by atoms with Gasteiger partial charge in [0.1, 0.15) is 6.29 Å². The number of hydrogen-bond acceptors (Lipinski definition) is 3. The van der Waals surface area contributed by atoms with Gasteiger partial charge < -0.3 is 4.79 Å². The van der Waals surface area contributed by atoms with Gasteiger partial charge in [-0.15, -0.1) is 0 Å². The van der Waals surface area contributed by atoms with Gasteiger partial charge in [0.05, 0.1) is 0 Å². The molecule has 1 fully saturated rings. The van der Waals surface area contributed by atoms with E-state index in [1.165, 1.54) is 0 Å². The molecule has 0 aromatic carbocycles. The van der Waals surface area contributed by atoms with Crippen molar-refractivity contribution in [1.29, 1.82) is 0 Å². The van der Waals surface area contributed by atoms with Crippen molar-refractivity contribution in [2.75, 3.05) is 33.2 Å². The van der Waals surface area contributed by atoms with Gasteiger partial charge in [-0.1, -0.05) is 0 Å². The molecular weight excluding hydrogens is 164 g/mol. The largest absolute Gasteiger partial charge is 0.303 e. The van der Waals surface area contributed by atoms with E-state index in [1.807, 2.05) is 0 Å². The molecule has 0 bridgehead atoms. The van der Waals surface area contributed by atoms with Crippen LogP contribution in [0.5, 0.6) is 0 Å². The summed E-state index contributed by atoms with van der Waals surface area (Å²) in [4.78, 5) is 15.0. The summed E-state index contributed by atoms with van der Waals surface area (Å²) in [6.45, 7) is 8.68. The van der Waals surface area contributed by atoms with Crippen LogP contribution < -0.4 is 0 Å². The molecule has 0 radical (unpaired) electrons. The normalized spacial score (nSPS) is 24.5. The Morgan fingerprint density at radius 3 is 2.62 bits per heavy atom. The van der Waals surface area contributed by atoms with E-state index in [-0.39, 0.29) is 5.54 Å². The minimum absolute atomic E-state index is 0.251. The zero-order chi connectivity index (χ0) is 9.90. The highest BCUT2D eigenvalue weighted by Crippen LogP contribution is 2.18. The summed E-state index contributed by atoms with van der Waals surface area (Å²) >= 11 is 0. The first-order valence-electron chi connectivity index (χ1n) is 4.93. The van der Waals surface area contributed by atoms with Gasteiger partial charge in [0.15, 0.2) is 0 Å². The lowest BCUT2D eigenvalue weighted by Crippen LogP contribution is -2.57. The van der Waals surface area contributed by atoms with Gasteiger partial charge in [0, 0.05) is 38.1 Å². The maximum Gasteiger partial charge on any atom is 0.121 e. The van der Waals surface area contributed by atoms with Crippen molar-refractivity contribution in [3.8, 4) is 0 Å². The molecule has 3 heteroatoms. The molecule has 3 nitrogen and oxygen atoms in total. The number of nitrogens with zero attached hydrogens (tertiary/aromatic N) is 2. The van der Waals surface area contributed by atoms with Crippen molar-refractivity contribution in [2.45, 2.75) is 25.8 Å². The Morgan fingerprint density at radius 2 is 2.08 bits per heavy atom. The smallest absolute Gasteiger partial charge is 0.121 e. The number of hydrogen-bond donors (Lipinski definition) is 0. The van der Waals surface area contributed by atoms with Crippen LogP contribution in [-0.2, 0) is 4.79 Å². The molecule has 0 aromatic rings. The van der Waals surface area contributed by atoms with Crippen molar-refractivity contribution >= 4 is 6.29 Å². The maximum absolute atomic E-state index is 10.2. The number of rotatable bonds is 3. The van der Waals surface area contributed by atoms with Crippen LogP contribution >= 0.6 is 0 Å². The summed E-state index contributed by atoms with van der Waals surface area (Å²) in [5.41, 5.74) is 0.251. The number of piperazine rings is 1. The lowest BCUT2D eigenvalue weighted by atomic mass is 10.00. The molecule has 13 heavy (non-hydrogen) atoms. The second-order valence-corrected chi connectivity index (χ2v) is 4.47. The second-order valence-electron chi connectivity index (χ2n) is 4.47. The highest BCUT2D eigenvalue weighted by atomic mass is 16.1. The van der Waals surface area contributed by atoms with E-state index in [0.717, 1.165) is 32.5 Å². The zero-order valence-corrected chi connectivity index (χ0v) is 8.92. The highest BCUT2D eigenvalue weighted by Gasteiger charge is 2.30. The van der Waals surface area contributed by atoms with E-state index in [1.54, 1.807) is 0 Å². The topological polar surface area (TPSA) is 23.6 Å². The Kier molecular flexibility index (Phi) is 3.45. The fraction of sp³-hybridized carbons (Fsp3) is 0.900. The highest BCUT2D eigenvalue weighted by molar-refractivity contribution is 5.49. The van der Waals surface area contributed by atoms with E-state index in [2.05, 4.69) is 30.7 Å². The Bertz CT molecular complexity index is 180. The van der Waals surface area contributed by atoms with Gasteiger partial charge in [-0.3, -0.25) is 9.80 Å². The summed E-state index contributed by atoms with van der Waals surface area (Å²) < 4.78 is 0. The first kappa shape index (κ1) is 10.7.